The molecule has 0 aliphatic carbocycles. The Morgan fingerprint density at radius 1 is 0.943 bits per heavy atom. The Balaban J connectivity index is 1.65. The molecule has 0 saturated heterocycles. The molecule has 2 aromatic carbocycles. The zero-order valence-corrected chi connectivity index (χ0v) is 19.6. The number of hydrogen-bond acceptors (Lipinski definition) is 9. The predicted molar refractivity (Wildman–Crippen MR) is 125 cm³/mol. The van der Waals surface area contributed by atoms with E-state index < -0.39 is 12.2 Å². The van der Waals surface area contributed by atoms with Gasteiger partial charge in [0.25, 0.3) is 0 Å². The van der Waals surface area contributed by atoms with E-state index in [2.05, 4.69) is 10.1 Å². The lowest BCUT2D eigenvalue weighted by Gasteiger charge is -2.21. The first-order valence-corrected chi connectivity index (χ1v) is 10.5. The summed E-state index contributed by atoms with van der Waals surface area (Å²) in [4.78, 5) is 29.5. The Hall–Kier alpha value is -4.60. The van der Waals surface area contributed by atoms with Crippen molar-refractivity contribution in [2.45, 2.75) is 13.2 Å². The van der Waals surface area contributed by atoms with Gasteiger partial charge in [-0.2, -0.15) is 5.01 Å². The van der Waals surface area contributed by atoms with Crippen LogP contribution in [0.2, 0.25) is 0 Å². The number of carbonyl (C=O) groups is 2. The van der Waals surface area contributed by atoms with Crippen molar-refractivity contribution in [3.05, 3.63) is 77.6 Å². The first-order valence-electron chi connectivity index (χ1n) is 10.5. The van der Waals surface area contributed by atoms with E-state index in [0.717, 1.165) is 0 Å². The van der Waals surface area contributed by atoms with Crippen LogP contribution >= 0.6 is 0 Å². The number of benzene rings is 2. The molecule has 1 aliphatic heterocycles. The summed E-state index contributed by atoms with van der Waals surface area (Å²) in [6, 6.07) is 13.2. The number of carbonyl (C=O) groups excluding carboxylic acids is 2. The molecule has 180 valence electrons. The van der Waals surface area contributed by atoms with Crippen LogP contribution in [0.5, 0.6) is 23.0 Å². The number of amides is 1. The summed E-state index contributed by atoms with van der Waals surface area (Å²) < 4.78 is 27.7. The number of hydrazone groups is 1. The van der Waals surface area contributed by atoms with E-state index in [1.54, 1.807) is 48.8 Å². The molecule has 0 N–H and O–H groups in total. The maximum atomic E-state index is 13.1. The second-order valence-corrected chi connectivity index (χ2v) is 7.32. The maximum absolute atomic E-state index is 13.1. The highest BCUT2D eigenvalue weighted by atomic mass is 16.6. The number of aromatic nitrogens is 1. The molecule has 35 heavy (non-hydrogen) atoms. The molecule has 0 radical (unpaired) electrons. The van der Waals surface area contributed by atoms with Crippen molar-refractivity contribution in [1.29, 1.82) is 0 Å². The molecule has 1 amide bonds. The van der Waals surface area contributed by atoms with Gasteiger partial charge in [0.15, 0.2) is 11.5 Å². The van der Waals surface area contributed by atoms with Crippen LogP contribution in [0.3, 0.4) is 0 Å². The van der Waals surface area contributed by atoms with E-state index in [4.69, 9.17) is 23.7 Å². The number of esters is 1. The molecule has 4 rings (SSSR count). The average molecular weight is 477 g/mol. The van der Waals surface area contributed by atoms with Crippen molar-refractivity contribution in [3.63, 3.8) is 0 Å². The minimum Gasteiger partial charge on any atom is -0.493 e. The third kappa shape index (κ3) is 4.72. The fraction of sp³-hybridized carbons (Fsp3) is 0.200. The van der Waals surface area contributed by atoms with Gasteiger partial charge in [0.1, 0.15) is 5.75 Å². The summed E-state index contributed by atoms with van der Waals surface area (Å²) in [5.41, 5.74) is 1.22. The first kappa shape index (κ1) is 23.6. The number of hydrogen-bond donors (Lipinski definition) is 0. The summed E-state index contributed by atoms with van der Waals surface area (Å²) in [6.07, 6.45) is 2.26. The summed E-state index contributed by atoms with van der Waals surface area (Å²) >= 11 is 0. The molecule has 0 spiro atoms. The molecule has 0 unspecified atom stereocenters. The number of rotatable bonds is 7. The minimum absolute atomic E-state index is 0.178. The van der Waals surface area contributed by atoms with Crippen molar-refractivity contribution in [3.8, 4) is 23.0 Å². The highest BCUT2D eigenvalue weighted by Crippen LogP contribution is 2.39. The lowest BCUT2D eigenvalue weighted by molar-refractivity contribution is -0.135. The molecule has 1 aromatic heterocycles. The van der Waals surface area contributed by atoms with Crippen molar-refractivity contribution < 1.29 is 33.3 Å². The molecular formula is C25H23N3O7. The molecule has 0 fully saturated rings. The molecule has 10 nitrogen and oxygen atoms in total. The normalized spacial score (nSPS) is 14.6. The van der Waals surface area contributed by atoms with Crippen LogP contribution in [0.15, 0.2) is 66.0 Å². The summed E-state index contributed by atoms with van der Waals surface area (Å²) in [5.74, 6) is 0.377. The van der Waals surface area contributed by atoms with Gasteiger partial charge in [0.05, 0.1) is 38.0 Å². The van der Waals surface area contributed by atoms with Crippen LogP contribution in [0.25, 0.3) is 0 Å². The van der Waals surface area contributed by atoms with Crippen LogP contribution < -0.4 is 18.9 Å². The highest BCUT2D eigenvalue weighted by molar-refractivity contribution is 5.96. The molecule has 1 aliphatic rings. The lowest BCUT2D eigenvalue weighted by Crippen LogP contribution is -2.26. The minimum atomic E-state index is -0.938. The quantitative estimate of drug-likeness (QED) is 0.375. The second kappa shape index (κ2) is 10.1. The maximum Gasteiger partial charge on any atom is 0.343 e. The zero-order valence-electron chi connectivity index (χ0n) is 19.6. The van der Waals surface area contributed by atoms with Crippen molar-refractivity contribution in [1.82, 2.24) is 9.99 Å². The number of ether oxygens (including phenoxy) is 5. The topological polar surface area (TPSA) is 109 Å². The van der Waals surface area contributed by atoms with Gasteiger partial charge in [-0.15, -0.1) is 5.10 Å². The monoisotopic (exact) mass is 477 g/mol. The lowest BCUT2D eigenvalue weighted by atomic mass is 10.1. The van der Waals surface area contributed by atoms with E-state index in [1.807, 2.05) is 0 Å². The van der Waals surface area contributed by atoms with Gasteiger partial charge in [-0.25, -0.2) is 4.79 Å². The summed E-state index contributed by atoms with van der Waals surface area (Å²) in [5, 5.41) is 5.50. The smallest absolute Gasteiger partial charge is 0.343 e. The van der Waals surface area contributed by atoms with Gasteiger partial charge in [0, 0.05) is 19.3 Å². The van der Waals surface area contributed by atoms with E-state index >= 15 is 0 Å². The number of para-hydroxylation sites is 1. The largest absolute Gasteiger partial charge is 0.493 e. The Morgan fingerprint density at radius 3 is 2.26 bits per heavy atom. The van der Waals surface area contributed by atoms with Gasteiger partial charge in [-0.1, -0.05) is 12.1 Å². The van der Waals surface area contributed by atoms with E-state index in [9.17, 15) is 9.59 Å². The first-order chi connectivity index (χ1) is 17.0. The van der Waals surface area contributed by atoms with Crippen LogP contribution in [0.4, 0.5) is 0 Å². The molecule has 10 heteroatoms. The number of methoxy groups -OCH3 is 3. The fourth-order valence-corrected chi connectivity index (χ4v) is 3.51. The Labute approximate surface area is 201 Å². The van der Waals surface area contributed by atoms with Crippen molar-refractivity contribution >= 4 is 17.8 Å². The molecule has 0 bridgehead atoms. The zero-order chi connectivity index (χ0) is 24.9. The van der Waals surface area contributed by atoms with Gasteiger partial charge >= 0.3 is 5.97 Å². The average Bonchev–Trinajstić information content (AvgIpc) is 3.34. The standard InChI is InChI=1S/C25H23N3O7/c1-15(29)28-24(35-23(27-28)16-8-7-11-26-14-16)18-9-5-6-10-19(18)34-25(30)17-12-20(31-2)22(33-4)21(13-17)32-3/h5-14,24H,1-4H3/t24-/m0/s1. The highest BCUT2D eigenvalue weighted by Gasteiger charge is 2.35. The molecule has 3 aromatic rings. The Kier molecular flexibility index (Phi) is 6.81. The van der Waals surface area contributed by atoms with Gasteiger partial charge in [-0.3, -0.25) is 9.78 Å². The second-order valence-electron chi connectivity index (χ2n) is 7.32. The van der Waals surface area contributed by atoms with Crippen molar-refractivity contribution in [2.24, 2.45) is 5.10 Å². The van der Waals surface area contributed by atoms with E-state index in [0.29, 0.717) is 28.4 Å². The predicted octanol–water partition coefficient (Wildman–Crippen LogP) is 3.57. The summed E-state index contributed by atoms with van der Waals surface area (Å²) in [6.45, 7) is 1.37. The fourth-order valence-electron chi connectivity index (χ4n) is 3.51. The molecule has 0 saturated carbocycles. The van der Waals surface area contributed by atoms with E-state index in [-0.39, 0.29) is 23.1 Å². The van der Waals surface area contributed by atoms with E-state index in [1.165, 1.54) is 45.4 Å². The van der Waals surface area contributed by atoms with Crippen LogP contribution in [-0.2, 0) is 9.53 Å². The van der Waals surface area contributed by atoms with Gasteiger partial charge in [0.2, 0.25) is 23.8 Å². The van der Waals surface area contributed by atoms with Crippen LogP contribution in [0.1, 0.15) is 34.6 Å². The Morgan fingerprint density at radius 2 is 1.66 bits per heavy atom. The Bertz CT molecular complexity index is 1250. The third-order valence-electron chi connectivity index (χ3n) is 5.16. The van der Waals surface area contributed by atoms with Crippen molar-refractivity contribution in [2.75, 3.05) is 21.3 Å². The van der Waals surface area contributed by atoms with Crippen LogP contribution in [-0.4, -0.2) is 49.1 Å². The molecule has 2 heterocycles. The SMILES string of the molecule is COc1cc(C(=O)Oc2ccccc2[C@@H]2OC(c3cccnc3)=NN2C(C)=O)cc(OC)c1OC. The summed E-state index contributed by atoms with van der Waals surface area (Å²) in [7, 11) is 4.38. The van der Waals surface area contributed by atoms with Gasteiger partial charge < -0.3 is 23.7 Å². The van der Waals surface area contributed by atoms with Crippen LogP contribution in [0, 0.1) is 0 Å². The number of nitrogens with zero attached hydrogens (tertiary/aromatic N) is 3. The molecular weight excluding hydrogens is 454 g/mol. The number of pyridine rings is 1. The van der Waals surface area contributed by atoms with Gasteiger partial charge in [-0.05, 0) is 36.4 Å². The molecule has 1 atom stereocenters. The third-order valence-corrected chi connectivity index (χ3v) is 5.16.